The van der Waals surface area contributed by atoms with Gasteiger partial charge in [-0.1, -0.05) is 30.3 Å². The zero-order valence-corrected chi connectivity index (χ0v) is 15.6. The Morgan fingerprint density at radius 3 is 2.79 bits per heavy atom. The molecule has 8 heteroatoms. The average Bonchev–Trinajstić information content (AvgIpc) is 2.99. The van der Waals surface area contributed by atoms with Gasteiger partial charge in [0, 0.05) is 25.8 Å². The lowest BCUT2D eigenvalue weighted by molar-refractivity contribution is 0.0760. The standard InChI is InChI=1S/C20H23N7O/c28-20(26-9-4-7-21-8-10-26)18-12-23-19(13-22-18)25-17-11-24-27(15-17)14-16-5-2-1-3-6-16/h1-3,5-6,11-13,15,21H,4,7-10,14H2,(H,23,25). The van der Waals surface area contributed by atoms with Crippen LogP contribution < -0.4 is 10.6 Å². The molecule has 0 atom stereocenters. The van der Waals surface area contributed by atoms with E-state index in [0.29, 0.717) is 24.6 Å². The highest BCUT2D eigenvalue weighted by Gasteiger charge is 2.18. The summed E-state index contributed by atoms with van der Waals surface area (Å²) in [5.74, 6) is 0.506. The van der Waals surface area contributed by atoms with E-state index in [1.54, 1.807) is 12.4 Å². The van der Waals surface area contributed by atoms with Gasteiger partial charge < -0.3 is 15.5 Å². The van der Waals surface area contributed by atoms with E-state index < -0.39 is 0 Å². The number of nitrogens with one attached hydrogen (secondary N) is 2. The van der Waals surface area contributed by atoms with Gasteiger partial charge in [0.25, 0.3) is 5.91 Å². The second kappa shape index (κ2) is 8.62. The SMILES string of the molecule is O=C(c1cnc(Nc2cnn(Cc3ccccc3)c2)cn1)N1CCCNCC1. The summed E-state index contributed by atoms with van der Waals surface area (Å²) in [6.45, 7) is 3.89. The molecule has 1 aromatic carbocycles. The first-order chi connectivity index (χ1) is 13.8. The number of benzene rings is 1. The Morgan fingerprint density at radius 2 is 1.96 bits per heavy atom. The number of carbonyl (C=O) groups is 1. The van der Waals surface area contributed by atoms with Gasteiger partial charge in [-0.05, 0) is 18.5 Å². The van der Waals surface area contributed by atoms with Crippen molar-refractivity contribution in [3.05, 3.63) is 66.4 Å². The Balaban J connectivity index is 1.37. The lowest BCUT2D eigenvalue weighted by Gasteiger charge is -2.19. The summed E-state index contributed by atoms with van der Waals surface area (Å²) in [4.78, 5) is 23.0. The van der Waals surface area contributed by atoms with Crippen molar-refractivity contribution in [3.63, 3.8) is 0 Å². The molecule has 0 unspecified atom stereocenters. The lowest BCUT2D eigenvalue weighted by Crippen LogP contribution is -2.34. The molecule has 3 aromatic rings. The lowest BCUT2D eigenvalue weighted by atomic mass is 10.2. The van der Waals surface area contributed by atoms with Gasteiger partial charge in [0.1, 0.15) is 11.5 Å². The number of rotatable bonds is 5. The average molecular weight is 377 g/mol. The van der Waals surface area contributed by atoms with E-state index in [0.717, 1.165) is 31.7 Å². The second-order valence-corrected chi connectivity index (χ2v) is 6.72. The quantitative estimate of drug-likeness (QED) is 0.706. The Hall–Kier alpha value is -3.26. The van der Waals surface area contributed by atoms with Crippen molar-refractivity contribution in [1.82, 2.24) is 30.0 Å². The highest BCUT2D eigenvalue weighted by molar-refractivity contribution is 5.92. The van der Waals surface area contributed by atoms with E-state index in [2.05, 4.69) is 37.8 Å². The summed E-state index contributed by atoms with van der Waals surface area (Å²) in [6.07, 6.45) is 7.72. The van der Waals surface area contributed by atoms with Crippen LogP contribution >= 0.6 is 0 Å². The summed E-state index contributed by atoms with van der Waals surface area (Å²) in [7, 11) is 0. The summed E-state index contributed by atoms with van der Waals surface area (Å²) in [6, 6.07) is 10.2. The highest BCUT2D eigenvalue weighted by atomic mass is 16.2. The molecule has 0 radical (unpaired) electrons. The predicted octanol–water partition coefficient (Wildman–Crippen LogP) is 1.90. The van der Waals surface area contributed by atoms with Gasteiger partial charge in [-0.25, -0.2) is 9.97 Å². The summed E-state index contributed by atoms with van der Waals surface area (Å²) >= 11 is 0. The van der Waals surface area contributed by atoms with Gasteiger partial charge in [0.05, 0.1) is 30.8 Å². The minimum absolute atomic E-state index is 0.0709. The molecule has 1 amide bonds. The number of nitrogens with zero attached hydrogens (tertiary/aromatic N) is 5. The van der Waals surface area contributed by atoms with Gasteiger partial charge in [-0.3, -0.25) is 9.48 Å². The van der Waals surface area contributed by atoms with Crippen molar-refractivity contribution in [3.8, 4) is 0 Å². The minimum Gasteiger partial charge on any atom is -0.336 e. The van der Waals surface area contributed by atoms with Gasteiger partial charge in [0.2, 0.25) is 0 Å². The first kappa shape index (κ1) is 18.1. The van der Waals surface area contributed by atoms with E-state index in [4.69, 9.17) is 0 Å². The summed E-state index contributed by atoms with van der Waals surface area (Å²) < 4.78 is 1.86. The number of hydrogen-bond donors (Lipinski definition) is 2. The maximum absolute atomic E-state index is 12.6. The summed E-state index contributed by atoms with van der Waals surface area (Å²) in [5.41, 5.74) is 2.37. The molecule has 1 saturated heterocycles. The molecule has 2 aromatic heterocycles. The van der Waals surface area contributed by atoms with E-state index in [1.807, 2.05) is 34.0 Å². The molecule has 0 spiro atoms. The number of amides is 1. The fraction of sp³-hybridized carbons (Fsp3) is 0.300. The van der Waals surface area contributed by atoms with Crippen LogP contribution in [0.2, 0.25) is 0 Å². The van der Waals surface area contributed by atoms with Crippen molar-refractivity contribution in [2.75, 3.05) is 31.5 Å². The van der Waals surface area contributed by atoms with Crippen LogP contribution in [0.1, 0.15) is 22.5 Å². The molecule has 4 rings (SSSR count). The second-order valence-electron chi connectivity index (χ2n) is 6.72. The first-order valence-corrected chi connectivity index (χ1v) is 9.43. The van der Waals surface area contributed by atoms with Crippen LogP contribution in [0.4, 0.5) is 11.5 Å². The van der Waals surface area contributed by atoms with Crippen molar-refractivity contribution in [2.45, 2.75) is 13.0 Å². The zero-order chi connectivity index (χ0) is 19.2. The summed E-state index contributed by atoms with van der Waals surface area (Å²) in [5, 5.41) is 10.8. The number of carbonyl (C=O) groups excluding carboxylic acids is 1. The topological polar surface area (TPSA) is 88.0 Å². The normalized spacial score (nSPS) is 14.5. The molecule has 8 nitrogen and oxygen atoms in total. The smallest absolute Gasteiger partial charge is 0.274 e. The molecule has 1 fully saturated rings. The largest absolute Gasteiger partial charge is 0.336 e. The Bertz CT molecular complexity index is 900. The van der Waals surface area contributed by atoms with Crippen LogP contribution in [0.5, 0.6) is 0 Å². The van der Waals surface area contributed by atoms with E-state index in [1.165, 1.54) is 11.8 Å². The first-order valence-electron chi connectivity index (χ1n) is 9.43. The fourth-order valence-electron chi connectivity index (χ4n) is 3.15. The molecule has 144 valence electrons. The monoisotopic (exact) mass is 377 g/mol. The van der Waals surface area contributed by atoms with Crippen molar-refractivity contribution in [1.29, 1.82) is 0 Å². The van der Waals surface area contributed by atoms with E-state index in [9.17, 15) is 4.79 Å². The van der Waals surface area contributed by atoms with Crippen LogP contribution in [0.3, 0.4) is 0 Å². The maximum atomic E-state index is 12.6. The molecular formula is C20H23N7O. The third-order valence-electron chi connectivity index (χ3n) is 4.59. The molecule has 28 heavy (non-hydrogen) atoms. The molecule has 0 saturated carbocycles. The number of aromatic nitrogens is 4. The van der Waals surface area contributed by atoms with Crippen LogP contribution in [0.25, 0.3) is 0 Å². The molecule has 1 aliphatic rings. The third-order valence-corrected chi connectivity index (χ3v) is 4.59. The predicted molar refractivity (Wildman–Crippen MR) is 106 cm³/mol. The van der Waals surface area contributed by atoms with Gasteiger partial charge >= 0.3 is 0 Å². The van der Waals surface area contributed by atoms with E-state index in [-0.39, 0.29) is 5.91 Å². The Labute approximate surface area is 163 Å². The molecule has 0 bridgehead atoms. The van der Waals surface area contributed by atoms with Crippen LogP contribution in [-0.2, 0) is 6.54 Å². The molecular weight excluding hydrogens is 354 g/mol. The molecule has 3 heterocycles. The van der Waals surface area contributed by atoms with Crippen LogP contribution in [-0.4, -0.2) is 56.7 Å². The van der Waals surface area contributed by atoms with Crippen LogP contribution in [0.15, 0.2) is 55.1 Å². The number of hydrogen-bond acceptors (Lipinski definition) is 6. The molecule has 1 aliphatic heterocycles. The minimum atomic E-state index is -0.0709. The van der Waals surface area contributed by atoms with Gasteiger partial charge in [-0.15, -0.1) is 0 Å². The molecule has 2 N–H and O–H groups in total. The van der Waals surface area contributed by atoms with Crippen molar-refractivity contribution >= 4 is 17.4 Å². The number of anilines is 2. The Kier molecular flexibility index (Phi) is 5.58. The van der Waals surface area contributed by atoms with Gasteiger partial charge in [-0.2, -0.15) is 5.10 Å². The molecule has 0 aliphatic carbocycles. The third kappa shape index (κ3) is 4.52. The maximum Gasteiger partial charge on any atom is 0.274 e. The highest BCUT2D eigenvalue weighted by Crippen LogP contribution is 2.14. The van der Waals surface area contributed by atoms with Crippen molar-refractivity contribution < 1.29 is 4.79 Å². The van der Waals surface area contributed by atoms with E-state index >= 15 is 0 Å². The fourth-order valence-corrected chi connectivity index (χ4v) is 3.15. The van der Waals surface area contributed by atoms with Gasteiger partial charge in [0.15, 0.2) is 0 Å². The van der Waals surface area contributed by atoms with Crippen molar-refractivity contribution in [2.24, 2.45) is 0 Å². The van der Waals surface area contributed by atoms with Crippen LogP contribution in [0, 0.1) is 0 Å². The Morgan fingerprint density at radius 1 is 1.07 bits per heavy atom. The zero-order valence-electron chi connectivity index (χ0n) is 15.6.